The molecular formula is C15H29N3O. The number of amides is 1. The van der Waals surface area contributed by atoms with E-state index in [2.05, 4.69) is 36.3 Å². The zero-order valence-corrected chi connectivity index (χ0v) is 12.7. The fourth-order valence-electron chi connectivity index (χ4n) is 2.62. The van der Waals surface area contributed by atoms with Gasteiger partial charge < -0.3 is 10.6 Å². The van der Waals surface area contributed by atoms with Crippen molar-refractivity contribution in [3.05, 3.63) is 0 Å². The monoisotopic (exact) mass is 267 g/mol. The van der Waals surface area contributed by atoms with Gasteiger partial charge in [0.2, 0.25) is 5.91 Å². The van der Waals surface area contributed by atoms with Gasteiger partial charge in [-0.15, -0.1) is 0 Å². The number of piperidine rings is 1. The van der Waals surface area contributed by atoms with Gasteiger partial charge in [-0.2, -0.15) is 0 Å². The first-order valence-corrected chi connectivity index (χ1v) is 7.69. The average Bonchev–Trinajstić information content (AvgIpc) is 3.09. The van der Waals surface area contributed by atoms with Gasteiger partial charge in [0.15, 0.2) is 0 Å². The van der Waals surface area contributed by atoms with Gasteiger partial charge in [0.25, 0.3) is 0 Å². The summed E-state index contributed by atoms with van der Waals surface area (Å²) in [6, 6.07) is 0.482. The van der Waals surface area contributed by atoms with E-state index in [4.69, 9.17) is 0 Å². The maximum atomic E-state index is 11.8. The molecule has 2 aliphatic rings. The molecule has 0 bridgehead atoms. The Kier molecular flexibility index (Phi) is 4.85. The summed E-state index contributed by atoms with van der Waals surface area (Å²) in [7, 11) is 0. The highest BCUT2D eigenvalue weighted by Gasteiger charge is 2.26. The van der Waals surface area contributed by atoms with E-state index in [9.17, 15) is 4.79 Å². The maximum Gasteiger partial charge on any atom is 0.234 e. The Bertz CT molecular complexity index is 307. The number of rotatable bonds is 5. The molecule has 0 aromatic heterocycles. The lowest BCUT2D eigenvalue weighted by atomic mass is 9.96. The second-order valence-corrected chi connectivity index (χ2v) is 7.22. The fraction of sp³-hybridized carbons (Fsp3) is 0.933. The van der Waals surface area contributed by atoms with Gasteiger partial charge in [-0.1, -0.05) is 0 Å². The van der Waals surface area contributed by atoms with Crippen LogP contribution in [0.2, 0.25) is 0 Å². The molecule has 0 spiro atoms. The third kappa shape index (κ3) is 5.91. The number of carbonyl (C=O) groups excluding carboxylic acids is 1. The Hall–Kier alpha value is -0.610. The van der Waals surface area contributed by atoms with E-state index in [-0.39, 0.29) is 11.4 Å². The predicted octanol–water partition coefficient (Wildman–Crippen LogP) is 1.37. The predicted molar refractivity (Wildman–Crippen MR) is 78.1 cm³/mol. The molecule has 1 aliphatic heterocycles. The van der Waals surface area contributed by atoms with E-state index >= 15 is 0 Å². The van der Waals surface area contributed by atoms with Crippen LogP contribution in [0, 0.1) is 5.92 Å². The fourth-order valence-corrected chi connectivity index (χ4v) is 2.62. The average molecular weight is 267 g/mol. The molecular weight excluding hydrogens is 238 g/mol. The van der Waals surface area contributed by atoms with Crippen LogP contribution in [-0.4, -0.2) is 48.6 Å². The van der Waals surface area contributed by atoms with Crippen molar-refractivity contribution in [1.82, 2.24) is 15.5 Å². The number of hydrogen-bond acceptors (Lipinski definition) is 3. The van der Waals surface area contributed by atoms with E-state index < -0.39 is 0 Å². The Morgan fingerprint density at radius 3 is 2.63 bits per heavy atom. The van der Waals surface area contributed by atoms with E-state index in [1.807, 2.05) is 0 Å². The second-order valence-electron chi connectivity index (χ2n) is 7.22. The molecule has 1 aliphatic carbocycles. The molecule has 1 amide bonds. The molecule has 0 aromatic rings. The third-order valence-electron chi connectivity index (χ3n) is 3.83. The maximum absolute atomic E-state index is 11.8. The van der Waals surface area contributed by atoms with Crippen molar-refractivity contribution in [3.8, 4) is 0 Å². The molecule has 1 saturated carbocycles. The molecule has 4 nitrogen and oxygen atoms in total. The molecule has 1 saturated heterocycles. The van der Waals surface area contributed by atoms with Crippen molar-refractivity contribution >= 4 is 5.91 Å². The van der Waals surface area contributed by atoms with Crippen LogP contribution in [0.5, 0.6) is 0 Å². The number of likely N-dealkylation sites (tertiary alicyclic amines) is 1. The van der Waals surface area contributed by atoms with Crippen LogP contribution in [0.3, 0.4) is 0 Å². The molecule has 4 heteroatoms. The summed E-state index contributed by atoms with van der Waals surface area (Å²) in [4.78, 5) is 14.1. The SMILES string of the molecule is CC(C)(C)NCC1CCCN(CC(=O)NC2CC2)C1. The molecule has 0 radical (unpaired) electrons. The minimum Gasteiger partial charge on any atom is -0.352 e. The zero-order valence-electron chi connectivity index (χ0n) is 12.7. The Labute approximate surface area is 117 Å². The van der Waals surface area contributed by atoms with Crippen molar-refractivity contribution in [2.45, 2.75) is 58.0 Å². The van der Waals surface area contributed by atoms with Crippen LogP contribution in [0.15, 0.2) is 0 Å². The smallest absolute Gasteiger partial charge is 0.234 e. The Morgan fingerprint density at radius 2 is 2.00 bits per heavy atom. The van der Waals surface area contributed by atoms with Crippen LogP contribution in [-0.2, 0) is 4.79 Å². The van der Waals surface area contributed by atoms with Gasteiger partial charge >= 0.3 is 0 Å². The summed E-state index contributed by atoms with van der Waals surface area (Å²) in [6.45, 7) is 10.4. The first-order chi connectivity index (χ1) is 8.92. The normalized spacial score (nSPS) is 25.3. The largest absolute Gasteiger partial charge is 0.352 e. The number of carbonyl (C=O) groups is 1. The van der Waals surface area contributed by atoms with Gasteiger partial charge in [0.05, 0.1) is 6.54 Å². The molecule has 2 N–H and O–H groups in total. The second kappa shape index (κ2) is 6.23. The molecule has 2 rings (SSSR count). The van der Waals surface area contributed by atoms with Crippen LogP contribution in [0.25, 0.3) is 0 Å². The van der Waals surface area contributed by atoms with Gasteiger partial charge in [-0.25, -0.2) is 0 Å². The highest BCUT2D eigenvalue weighted by molar-refractivity contribution is 5.78. The molecule has 1 heterocycles. The minimum absolute atomic E-state index is 0.186. The summed E-state index contributed by atoms with van der Waals surface area (Å²) in [5, 5.41) is 6.66. The van der Waals surface area contributed by atoms with Crippen LogP contribution in [0.1, 0.15) is 46.5 Å². The van der Waals surface area contributed by atoms with Crippen LogP contribution < -0.4 is 10.6 Å². The summed E-state index contributed by atoms with van der Waals surface area (Å²) in [6.07, 6.45) is 4.84. The summed E-state index contributed by atoms with van der Waals surface area (Å²) in [5.74, 6) is 0.897. The van der Waals surface area contributed by atoms with E-state index in [0.717, 1.165) is 19.6 Å². The molecule has 110 valence electrons. The molecule has 0 aromatic carbocycles. The third-order valence-corrected chi connectivity index (χ3v) is 3.83. The van der Waals surface area contributed by atoms with E-state index in [1.54, 1.807) is 0 Å². The highest BCUT2D eigenvalue weighted by Crippen LogP contribution is 2.19. The van der Waals surface area contributed by atoms with Gasteiger partial charge in [0.1, 0.15) is 0 Å². The van der Waals surface area contributed by atoms with Gasteiger partial charge in [-0.05, 0) is 65.5 Å². The van der Waals surface area contributed by atoms with Crippen molar-refractivity contribution in [2.75, 3.05) is 26.2 Å². The topological polar surface area (TPSA) is 44.4 Å². The first kappa shape index (κ1) is 14.8. The molecule has 1 unspecified atom stereocenters. The molecule has 2 fully saturated rings. The van der Waals surface area contributed by atoms with E-state index in [0.29, 0.717) is 18.5 Å². The van der Waals surface area contributed by atoms with Crippen molar-refractivity contribution < 1.29 is 4.79 Å². The highest BCUT2D eigenvalue weighted by atomic mass is 16.2. The lowest BCUT2D eigenvalue weighted by molar-refractivity contribution is -0.122. The Morgan fingerprint density at radius 1 is 1.26 bits per heavy atom. The number of nitrogens with one attached hydrogen (secondary N) is 2. The standard InChI is InChI=1S/C15H29N3O/c1-15(2,3)16-9-12-5-4-8-18(10-12)11-14(19)17-13-6-7-13/h12-13,16H,4-11H2,1-3H3,(H,17,19). The van der Waals surface area contributed by atoms with Crippen LogP contribution >= 0.6 is 0 Å². The minimum atomic E-state index is 0.186. The summed E-state index contributed by atoms with van der Waals surface area (Å²) >= 11 is 0. The van der Waals surface area contributed by atoms with Crippen molar-refractivity contribution in [2.24, 2.45) is 5.92 Å². The zero-order chi connectivity index (χ0) is 13.9. The summed E-state index contributed by atoms with van der Waals surface area (Å²) in [5.41, 5.74) is 0.186. The van der Waals surface area contributed by atoms with Gasteiger partial charge in [0, 0.05) is 18.1 Å². The number of nitrogens with zero attached hydrogens (tertiary/aromatic N) is 1. The lowest BCUT2D eigenvalue weighted by Gasteiger charge is -2.34. The molecule has 1 atom stereocenters. The molecule has 19 heavy (non-hydrogen) atoms. The lowest BCUT2D eigenvalue weighted by Crippen LogP contribution is -2.47. The van der Waals surface area contributed by atoms with E-state index in [1.165, 1.54) is 25.7 Å². The Balaban J connectivity index is 1.68. The van der Waals surface area contributed by atoms with Gasteiger partial charge in [-0.3, -0.25) is 9.69 Å². The van der Waals surface area contributed by atoms with Crippen molar-refractivity contribution in [1.29, 1.82) is 0 Å². The quantitative estimate of drug-likeness (QED) is 0.790. The van der Waals surface area contributed by atoms with Crippen LogP contribution in [0.4, 0.5) is 0 Å². The number of hydrogen-bond donors (Lipinski definition) is 2. The van der Waals surface area contributed by atoms with Crippen molar-refractivity contribution in [3.63, 3.8) is 0 Å². The first-order valence-electron chi connectivity index (χ1n) is 7.69. The summed E-state index contributed by atoms with van der Waals surface area (Å²) < 4.78 is 0.